The predicted octanol–water partition coefficient (Wildman–Crippen LogP) is 1.85. The Morgan fingerprint density at radius 2 is 2.18 bits per heavy atom. The summed E-state index contributed by atoms with van der Waals surface area (Å²) in [5.41, 5.74) is -0.390. The largest absolute Gasteiger partial charge is 0.394 e. The Bertz CT molecular complexity index is 399. The van der Waals surface area contributed by atoms with Crippen LogP contribution in [-0.4, -0.2) is 40.4 Å². The number of aliphatic hydroxyl groups is 1. The van der Waals surface area contributed by atoms with Crippen LogP contribution in [0.3, 0.4) is 0 Å². The SMILES string of the molecule is OCC1(Nc2ncnc(Cl)c2Br)CCOCC1. The summed E-state index contributed by atoms with van der Waals surface area (Å²) in [6.45, 7) is 1.29. The molecule has 1 fully saturated rings. The van der Waals surface area contributed by atoms with Crippen LogP contribution in [0.4, 0.5) is 5.82 Å². The number of hydrogen-bond acceptors (Lipinski definition) is 5. The third-order valence-corrected chi connectivity index (χ3v) is 4.15. The number of ether oxygens (including phenoxy) is 1. The quantitative estimate of drug-likeness (QED) is 0.831. The summed E-state index contributed by atoms with van der Waals surface area (Å²) in [6.07, 6.45) is 2.86. The van der Waals surface area contributed by atoms with E-state index in [4.69, 9.17) is 16.3 Å². The minimum atomic E-state index is -0.390. The van der Waals surface area contributed by atoms with E-state index in [2.05, 4.69) is 31.2 Å². The molecule has 7 heteroatoms. The highest BCUT2D eigenvalue weighted by Crippen LogP contribution is 2.31. The lowest BCUT2D eigenvalue weighted by atomic mass is 9.91. The van der Waals surface area contributed by atoms with Gasteiger partial charge in [0.2, 0.25) is 0 Å². The van der Waals surface area contributed by atoms with Gasteiger partial charge in [0.1, 0.15) is 17.3 Å². The fourth-order valence-corrected chi connectivity index (χ4v) is 2.21. The van der Waals surface area contributed by atoms with Gasteiger partial charge < -0.3 is 15.2 Å². The van der Waals surface area contributed by atoms with Gasteiger partial charge in [-0.3, -0.25) is 0 Å². The van der Waals surface area contributed by atoms with E-state index in [1.165, 1.54) is 6.33 Å². The average Bonchev–Trinajstić information content (AvgIpc) is 2.36. The van der Waals surface area contributed by atoms with Crippen molar-refractivity contribution in [2.24, 2.45) is 0 Å². The normalized spacial score (nSPS) is 19.0. The van der Waals surface area contributed by atoms with Crippen LogP contribution in [0, 0.1) is 0 Å². The molecular weight excluding hydrogens is 309 g/mol. The van der Waals surface area contributed by atoms with Crippen molar-refractivity contribution in [2.45, 2.75) is 18.4 Å². The monoisotopic (exact) mass is 321 g/mol. The van der Waals surface area contributed by atoms with Crippen molar-refractivity contribution < 1.29 is 9.84 Å². The van der Waals surface area contributed by atoms with Crippen LogP contribution < -0.4 is 5.32 Å². The average molecular weight is 323 g/mol. The molecule has 17 heavy (non-hydrogen) atoms. The van der Waals surface area contributed by atoms with Crippen molar-refractivity contribution in [1.29, 1.82) is 0 Å². The molecule has 0 saturated carbocycles. The molecule has 1 aromatic heterocycles. The van der Waals surface area contributed by atoms with E-state index in [1.807, 2.05) is 0 Å². The first-order chi connectivity index (χ1) is 8.17. The van der Waals surface area contributed by atoms with Crippen molar-refractivity contribution in [1.82, 2.24) is 9.97 Å². The van der Waals surface area contributed by atoms with Crippen LogP contribution in [-0.2, 0) is 4.74 Å². The molecule has 2 N–H and O–H groups in total. The van der Waals surface area contributed by atoms with Crippen LogP contribution in [0.5, 0.6) is 0 Å². The van der Waals surface area contributed by atoms with Crippen molar-refractivity contribution in [3.63, 3.8) is 0 Å². The highest BCUT2D eigenvalue weighted by atomic mass is 79.9. The number of aliphatic hydroxyl groups excluding tert-OH is 1. The smallest absolute Gasteiger partial charge is 0.148 e. The Morgan fingerprint density at radius 3 is 2.82 bits per heavy atom. The van der Waals surface area contributed by atoms with E-state index in [1.54, 1.807) is 0 Å². The standard InChI is InChI=1S/C10H13BrClN3O2/c11-7-8(12)13-6-14-9(7)15-10(5-16)1-3-17-4-2-10/h6,16H,1-5H2,(H,13,14,15). The molecule has 0 atom stereocenters. The molecule has 1 aliphatic rings. The molecule has 1 aliphatic heterocycles. The molecule has 0 radical (unpaired) electrons. The van der Waals surface area contributed by atoms with Gasteiger partial charge in [-0.15, -0.1) is 0 Å². The van der Waals surface area contributed by atoms with Crippen LogP contribution in [0.25, 0.3) is 0 Å². The van der Waals surface area contributed by atoms with E-state index in [9.17, 15) is 5.11 Å². The van der Waals surface area contributed by atoms with Crippen LogP contribution in [0.1, 0.15) is 12.8 Å². The minimum Gasteiger partial charge on any atom is -0.394 e. The van der Waals surface area contributed by atoms with Gasteiger partial charge in [0.05, 0.1) is 16.6 Å². The fourth-order valence-electron chi connectivity index (χ4n) is 1.77. The van der Waals surface area contributed by atoms with Crippen LogP contribution >= 0.6 is 27.5 Å². The van der Waals surface area contributed by atoms with Crippen molar-refractivity contribution >= 4 is 33.3 Å². The summed E-state index contributed by atoms with van der Waals surface area (Å²) in [4.78, 5) is 7.98. The molecule has 0 unspecified atom stereocenters. The van der Waals surface area contributed by atoms with Crippen LogP contribution in [0.15, 0.2) is 10.8 Å². The molecule has 0 aliphatic carbocycles. The fraction of sp³-hybridized carbons (Fsp3) is 0.600. The summed E-state index contributed by atoms with van der Waals surface area (Å²) in [7, 11) is 0. The highest BCUT2D eigenvalue weighted by Gasteiger charge is 2.32. The van der Waals surface area contributed by atoms with E-state index in [0.29, 0.717) is 28.7 Å². The Morgan fingerprint density at radius 1 is 1.47 bits per heavy atom. The zero-order valence-electron chi connectivity index (χ0n) is 9.12. The zero-order valence-corrected chi connectivity index (χ0v) is 11.5. The number of hydrogen-bond donors (Lipinski definition) is 2. The molecule has 1 aromatic rings. The topological polar surface area (TPSA) is 67.3 Å². The lowest BCUT2D eigenvalue weighted by Gasteiger charge is -2.36. The maximum atomic E-state index is 9.55. The summed E-state index contributed by atoms with van der Waals surface area (Å²) >= 11 is 9.22. The molecule has 0 amide bonds. The number of rotatable bonds is 3. The number of nitrogens with one attached hydrogen (secondary N) is 1. The Labute approximate surface area is 113 Å². The first-order valence-electron chi connectivity index (χ1n) is 5.30. The van der Waals surface area contributed by atoms with Gasteiger partial charge in [-0.2, -0.15) is 0 Å². The van der Waals surface area contributed by atoms with E-state index >= 15 is 0 Å². The maximum absolute atomic E-state index is 9.55. The lowest BCUT2D eigenvalue weighted by molar-refractivity contribution is 0.0378. The number of halogens is 2. The molecular formula is C10H13BrClN3O2. The summed E-state index contributed by atoms with van der Waals surface area (Å²) in [6, 6.07) is 0. The van der Waals surface area contributed by atoms with Gasteiger partial charge in [-0.1, -0.05) is 11.6 Å². The van der Waals surface area contributed by atoms with Gasteiger partial charge >= 0.3 is 0 Å². The van der Waals surface area contributed by atoms with E-state index < -0.39 is 5.54 Å². The lowest BCUT2D eigenvalue weighted by Crippen LogP contribution is -2.47. The second-order valence-corrected chi connectivity index (χ2v) is 5.15. The van der Waals surface area contributed by atoms with Gasteiger partial charge in [0.15, 0.2) is 0 Å². The second kappa shape index (κ2) is 5.48. The van der Waals surface area contributed by atoms with Gasteiger partial charge in [0.25, 0.3) is 0 Å². The van der Waals surface area contributed by atoms with E-state index in [0.717, 1.165) is 12.8 Å². The highest BCUT2D eigenvalue weighted by molar-refractivity contribution is 9.10. The summed E-state index contributed by atoms with van der Waals surface area (Å²) in [5, 5.41) is 13.1. The summed E-state index contributed by atoms with van der Waals surface area (Å²) < 4.78 is 5.91. The zero-order chi connectivity index (χ0) is 12.3. The number of aromatic nitrogens is 2. The Hall–Kier alpha value is -0.430. The second-order valence-electron chi connectivity index (χ2n) is 4.00. The Kier molecular flexibility index (Phi) is 4.19. The van der Waals surface area contributed by atoms with Gasteiger partial charge in [-0.05, 0) is 28.8 Å². The summed E-state index contributed by atoms with van der Waals surface area (Å²) in [5.74, 6) is 0.598. The van der Waals surface area contributed by atoms with Crippen molar-refractivity contribution in [3.05, 3.63) is 16.0 Å². The molecule has 1 saturated heterocycles. The third-order valence-electron chi connectivity index (χ3n) is 2.88. The first kappa shape index (κ1) is 13.0. The number of anilines is 1. The molecule has 0 aromatic carbocycles. The van der Waals surface area contributed by atoms with Crippen molar-refractivity contribution in [2.75, 3.05) is 25.1 Å². The maximum Gasteiger partial charge on any atom is 0.148 e. The van der Waals surface area contributed by atoms with E-state index in [-0.39, 0.29) is 6.61 Å². The first-order valence-corrected chi connectivity index (χ1v) is 6.47. The molecule has 2 heterocycles. The van der Waals surface area contributed by atoms with Gasteiger partial charge in [0, 0.05) is 13.2 Å². The number of nitrogens with zero attached hydrogens (tertiary/aromatic N) is 2. The molecule has 5 nitrogen and oxygen atoms in total. The molecule has 0 spiro atoms. The molecule has 94 valence electrons. The van der Waals surface area contributed by atoms with Gasteiger partial charge in [-0.25, -0.2) is 9.97 Å². The minimum absolute atomic E-state index is 0.0322. The Balaban J connectivity index is 2.20. The predicted molar refractivity (Wildman–Crippen MR) is 68.2 cm³/mol. The third kappa shape index (κ3) is 2.88. The molecule has 2 rings (SSSR count). The van der Waals surface area contributed by atoms with Crippen LogP contribution in [0.2, 0.25) is 5.15 Å². The molecule has 0 bridgehead atoms. The van der Waals surface area contributed by atoms with Crippen molar-refractivity contribution in [3.8, 4) is 0 Å².